The van der Waals surface area contributed by atoms with Gasteiger partial charge in [0.2, 0.25) is 5.91 Å². The van der Waals surface area contributed by atoms with Crippen molar-refractivity contribution in [2.75, 3.05) is 23.3 Å². The van der Waals surface area contributed by atoms with Crippen molar-refractivity contribution in [1.29, 1.82) is 0 Å². The zero-order valence-electron chi connectivity index (χ0n) is 19.6. The fourth-order valence-corrected chi connectivity index (χ4v) is 5.70. The van der Waals surface area contributed by atoms with Gasteiger partial charge in [0.1, 0.15) is 11.5 Å². The number of amides is 1. The van der Waals surface area contributed by atoms with E-state index in [-0.39, 0.29) is 11.8 Å². The van der Waals surface area contributed by atoms with Crippen LogP contribution in [0, 0.1) is 5.92 Å². The maximum absolute atomic E-state index is 13.2. The van der Waals surface area contributed by atoms with Gasteiger partial charge in [-0.1, -0.05) is 24.3 Å². The van der Waals surface area contributed by atoms with Crippen LogP contribution in [0.5, 0.6) is 0 Å². The van der Waals surface area contributed by atoms with Crippen LogP contribution in [0.15, 0.2) is 60.1 Å². The van der Waals surface area contributed by atoms with Crippen molar-refractivity contribution in [3.05, 3.63) is 65.9 Å². The smallest absolute Gasteiger partial charge is 0.227 e. The van der Waals surface area contributed by atoms with Gasteiger partial charge in [0.25, 0.3) is 0 Å². The first-order valence-corrected chi connectivity index (χ1v) is 13.2. The van der Waals surface area contributed by atoms with Gasteiger partial charge in [-0.2, -0.15) is 0 Å². The summed E-state index contributed by atoms with van der Waals surface area (Å²) in [4.78, 5) is 21.4. The van der Waals surface area contributed by atoms with Crippen LogP contribution in [-0.2, 0) is 17.8 Å². The first-order chi connectivity index (χ1) is 17.2. The van der Waals surface area contributed by atoms with Crippen LogP contribution in [0.25, 0.3) is 21.8 Å². The minimum Gasteiger partial charge on any atom is -0.355 e. The molecule has 0 unspecified atom stereocenters. The number of imidazole rings is 1. The number of benzene rings is 1. The number of rotatable bonds is 5. The molecule has 178 valence electrons. The summed E-state index contributed by atoms with van der Waals surface area (Å²) in [7, 11) is 0. The number of anilines is 2. The van der Waals surface area contributed by atoms with E-state index < -0.39 is 0 Å². The lowest BCUT2D eigenvalue weighted by atomic mass is 9.95. The minimum absolute atomic E-state index is 0.0205. The Morgan fingerprint density at radius 2 is 1.83 bits per heavy atom. The van der Waals surface area contributed by atoms with Crippen LogP contribution in [0.1, 0.15) is 31.5 Å². The number of thiophene rings is 1. The van der Waals surface area contributed by atoms with E-state index in [1.807, 2.05) is 47.8 Å². The van der Waals surface area contributed by atoms with E-state index in [1.54, 1.807) is 11.3 Å². The number of para-hydroxylation sites is 1. The first kappa shape index (κ1) is 22.0. The SMILES string of the molecule is O=C(Nc1ccccc1-c1cn2c(n1)CCCC2)C1CCN(c2ccc(-c3cccs3)nn2)CC1. The third-order valence-electron chi connectivity index (χ3n) is 6.98. The molecule has 2 aliphatic heterocycles. The number of fused-ring (bicyclic) bond motifs is 1. The molecule has 4 aromatic rings. The molecular weight excluding hydrogens is 456 g/mol. The van der Waals surface area contributed by atoms with Gasteiger partial charge in [0.05, 0.1) is 16.3 Å². The maximum atomic E-state index is 13.2. The molecule has 1 amide bonds. The van der Waals surface area contributed by atoms with Gasteiger partial charge < -0.3 is 14.8 Å². The lowest BCUT2D eigenvalue weighted by Gasteiger charge is -2.32. The average Bonchev–Trinajstić information content (AvgIpc) is 3.60. The molecule has 5 heterocycles. The number of carbonyl (C=O) groups is 1. The van der Waals surface area contributed by atoms with Crippen molar-refractivity contribution in [3.8, 4) is 21.8 Å². The average molecular weight is 485 g/mol. The molecule has 2 aliphatic rings. The first-order valence-electron chi connectivity index (χ1n) is 12.3. The van der Waals surface area contributed by atoms with Crippen LogP contribution in [0.4, 0.5) is 11.5 Å². The van der Waals surface area contributed by atoms with E-state index in [0.717, 1.165) is 78.1 Å². The fraction of sp³-hybridized carbons (Fsp3) is 0.333. The molecular formula is C27H28N6OS. The molecule has 8 heteroatoms. The summed E-state index contributed by atoms with van der Waals surface area (Å²) in [5.74, 6) is 2.08. The van der Waals surface area contributed by atoms with E-state index in [2.05, 4.69) is 37.2 Å². The number of nitrogens with zero attached hydrogens (tertiary/aromatic N) is 5. The Morgan fingerprint density at radius 1 is 0.943 bits per heavy atom. The highest BCUT2D eigenvalue weighted by molar-refractivity contribution is 7.13. The number of piperidine rings is 1. The molecule has 0 spiro atoms. The summed E-state index contributed by atoms with van der Waals surface area (Å²) in [5.41, 5.74) is 3.67. The lowest BCUT2D eigenvalue weighted by Crippen LogP contribution is -2.38. The lowest BCUT2D eigenvalue weighted by molar-refractivity contribution is -0.120. The Hall–Kier alpha value is -3.52. The third-order valence-corrected chi connectivity index (χ3v) is 7.88. The molecule has 3 aromatic heterocycles. The standard InChI is InChI=1S/C27H28N6OS/c34-27(29-21-7-2-1-6-20(21)23-18-33-14-4-3-9-25(33)28-23)19-12-15-32(16-13-19)26-11-10-22(30-31-26)24-8-5-17-35-24/h1-2,5-8,10-11,17-19H,3-4,9,12-16H2,(H,29,34). The highest BCUT2D eigenvalue weighted by Gasteiger charge is 2.27. The number of carbonyl (C=O) groups excluding carboxylic acids is 1. The highest BCUT2D eigenvalue weighted by atomic mass is 32.1. The summed E-state index contributed by atoms with van der Waals surface area (Å²) in [6, 6.07) is 16.1. The second kappa shape index (κ2) is 9.62. The molecule has 0 bridgehead atoms. The summed E-state index contributed by atoms with van der Waals surface area (Å²) in [6.45, 7) is 2.61. The van der Waals surface area contributed by atoms with Crippen LogP contribution in [-0.4, -0.2) is 38.7 Å². The van der Waals surface area contributed by atoms with Gasteiger partial charge in [-0.05, 0) is 55.3 Å². The molecule has 0 aliphatic carbocycles. The van der Waals surface area contributed by atoms with Crippen molar-refractivity contribution >= 4 is 28.7 Å². The van der Waals surface area contributed by atoms with Gasteiger partial charge in [-0.3, -0.25) is 4.79 Å². The van der Waals surface area contributed by atoms with Crippen molar-refractivity contribution < 1.29 is 4.79 Å². The van der Waals surface area contributed by atoms with Gasteiger partial charge in [0.15, 0.2) is 5.82 Å². The van der Waals surface area contributed by atoms with Gasteiger partial charge >= 0.3 is 0 Å². The number of hydrogen-bond donors (Lipinski definition) is 1. The Labute approximate surface area is 208 Å². The monoisotopic (exact) mass is 484 g/mol. The molecule has 7 nitrogen and oxygen atoms in total. The Kier molecular flexibility index (Phi) is 6.04. The Balaban J connectivity index is 1.10. The predicted octanol–water partition coefficient (Wildman–Crippen LogP) is 5.26. The van der Waals surface area contributed by atoms with Crippen LogP contribution in [0.2, 0.25) is 0 Å². The molecule has 1 fully saturated rings. The van der Waals surface area contributed by atoms with Crippen LogP contribution in [0.3, 0.4) is 0 Å². The molecule has 0 radical (unpaired) electrons. The summed E-state index contributed by atoms with van der Waals surface area (Å²) in [6.07, 6.45) is 7.13. The molecule has 0 saturated carbocycles. The van der Waals surface area contributed by atoms with E-state index in [9.17, 15) is 4.79 Å². The summed E-state index contributed by atoms with van der Waals surface area (Å²) in [5, 5.41) is 14.1. The molecule has 35 heavy (non-hydrogen) atoms. The van der Waals surface area contributed by atoms with E-state index in [1.165, 1.54) is 12.8 Å². The summed E-state index contributed by atoms with van der Waals surface area (Å²) >= 11 is 1.66. The second-order valence-electron chi connectivity index (χ2n) is 9.24. The topological polar surface area (TPSA) is 75.9 Å². The number of aryl methyl sites for hydroxylation is 2. The third kappa shape index (κ3) is 4.58. The normalized spacial score (nSPS) is 16.2. The van der Waals surface area contributed by atoms with Gasteiger partial charge in [-0.25, -0.2) is 4.98 Å². The zero-order valence-corrected chi connectivity index (χ0v) is 20.4. The Bertz CT molecular complexity index is 1280. The number of hydrogen-bond acceptors (Lipinski definition) is 6. The maximum Gasteiger partial charge on any atom is 0.227 e. The van der Waals surface area contributed by atoms with Crippen LogP contribution >= 0.6 is 11.3 Å². The predicted molar refractivity (Wildman–Crippen MR) is 140 cm³/mol. The van der Waals surface area contributed by atoms with E-state index in [4.69, 9.17) is 4.98 Å². The number of nitrogens with one attached hydrogen (secondary N) is 1. The van der Waals surface area contributed by atoms with Crippen molar-refractivity contribution in [3.63, 3.8) is 0 Å². The van der Waals surface area contributed by atoms with Gasteiger partial charge in [0, 0.05) is 43.7 Å². The molecule has 1 aromatic carbocycles. The van der Waals surface area contributed by atoms with Crippen molar-refractivity contribution in [1.82, 2.24) is 19.7 Å². The fourth-order valence-electron chi connectivity index (χ4n) is 5.01. The zero-order chi connectivity index (χ0) is 23.6. The molecule has 1 N–H and O–H groups in total. The minimum atomic E-state index is -0.0205. The summed E-state index contributed by atoms with van der Waals surface area (Å²) < 4.78 is 2.25. The van der Waals surface area contributed by atoms with E-state index in [0.29, 0.717) is 0 Å². The van der Waals surface area contributed by atoms with Gasteiger partial charge in [-0.15, -0.1) is 21.5 Å². The molecule has 1 saturated heterocycles. The molecule has 0 atom stereocenters. The largest absolute Gasteiger partial charge is 0.355 e. The molecule has 6 rings (SSSR count). The van der Waals surface area contributed by atoms with E-state index >= 15 is 0 Å². The second-order valence-corrected chi connectivity index (χ2v) is 10.2. The van der Waals surface area contributed by atoms with Crippen LogP contribution < -0.4 is 10.2 Å². The Morgan fingerprint density at radius 3 is 2.60 bits per heavy atom. The number of aromatic nitrogens is 4. The van der Waals surface area contributed by atoms with Crippen molar-refractivity contribution in [2.24, 2.45) is 5.92 Å². The highest BCUT2D eigenvalue weighted by Crippen LogP contribution is 2.31. The quantitative estimate of drug-likeness (QED) is 0.418. The van der Waals surface area contributed by atoms with Crippen molar-refractivity contribution in [2.45, 2.75) is 38.6 Å².